The first-order chi connectivity index (χ1) is 13.0. The zero-order valence-corrected chi connectivity index (χ0v) is 16.4. The van der Waals surface area contributed by atoms with Gasteiger partial charge in [0.2, 0.25) is 17.7 Å². The van der Waals surface area contributed by atoms with Crippen molar-refractivity contribution in [2.45, 2.75) is 69.7 Å². The first-order valence-electron chi connectivity index (χ1n) is 10.1. The fourth-order valence-corrected chi connectivity index (χ4v) is 5.15. The van der Waals surface area contributed by atoms with E-state index in [0.717, 1.165) is 12.8 Å². The van der Waals surface area contributed by atoms with Gasteiger partial charge < -0.3 is 25.4 Å². The molecule has 0 saturated carbocycles. The summed E-state index contributed by atoms with van der Waals surface area (Å²) in [7, 11) is 1.55. The number of ether oxygens (including phenoxy) is 1. The Kier molecular flexibility index (Phi) is 5.76. The van der Waals surface area contributed by atoms with Crippen LogP contribution in [-0.4, -0.2) is 71.7 Å². The van der Waals surface area contributed by atoms with Gasteiger partial charge in [0.15, 0.2) is 0 Å². The van der Waals surface area contributed by atoms with E-state index in [4.69, 9.17) is 4.74 Å². The van der Waals surface area contributed by atoms with Crippen molar-refractivity contribution < 1.29 is 24.2 Å². The van der Waals surface area contributed by atoms with E-state index in [-0.39, 0.29) is 30.4 Å². The van der Waals surface area contributed by atoms with E-state index in [1.807, 2.05) is 13.8 Å². The largest absolute Gasteiger partial charge is 0.394 e. The van der Waals surface area contributed by atoms with Crippen LogP contribution in [0.4, 0.5) is 0 Å². The van der Waals surface area contributed by atoms with E-state index >= 15 is 0 Å². The SMILES string of the molecule is CCCCNC(=O)C1N([C@@H](CC)CO)C(=O)[C@@H]2[C@@H](C(=O)NC)[C@H]3CCC12O3. The Morgan fingerprint density at radius 3 is 2.70 bits per heavy atom. The molecule has 3 aliphatic heterocycles. The zero-order valence-electron chi connectivity index (χ0n) is 16.4. The molecular formula is C19H31N3O5. The number of nitrogens with zero attached hydrogens (tertiary/aromatic N) is 1. The van der Waals surface area contributed by atoms with E-state index in [0.29, 0.717) is 25.8 Å². The molecule has 3 aliphatic rings. The average molecular weight is 381 g/mol. The maximum absolute atomic E-state index is 13.4. The number of unbranched alkanes of at least 4 members (excludes halogenated alkanes) is 1. The molecule has 0 radical (unpaired) electrons. The van der Waals surface area contributed by atoms with Gasteiger partial charge in [0.05, 0.1) is 30.6 Å². The second kappa shape index (κ2) is 7.75. The maximum Gasteiger partial charge on any atom is 0.245 e. The minimum absolute atomic E-state index is 0.219. The number of hydrogen-bond donors (Lipinski definition) is 3. The van der Waals surface area contributed by atoms with Crippen molar-refractivity contribution in [3.05, 3.63) is 0 Å². The summed E-state index contributed by atoms with van der Waals surface area (Å²) in [6.45, 7) is 4.23. The van der Waals surface area contributed by atoms with Crippen LogP contribution in [0.15, 0.2) is 0 Å². The Bertz CT molecular complexity index is 608. The number of carbonyl (C=O) groups excluding carboxylic acids is 3. The van der Waals surface area contributed by atoms with Crippen LogP contribution >= 0.6 is 0 Å². The van der Waals surface area contributed by atoms with Crippen molar-refractivity contribution in [2.24, 2.45) is 11.8 Å². The lowest BCUT2D eigenvalue weighted by Gasteiger charge is -2.36. The van der Waals surface area contributed by atoms with Crippen LogP contribution < -0.4 is 10.6 Å². The molecule has 0 aromatic rings. The lowest BCUT2D eigenvalue weighted by atomic mass is 9.70. The first-order valence-corrected chi connectivity index (χ1v) is 10.1. The van der Waals surface area contributed by atoms with Crippen LogP contribution in [0.2, 0.25) is 0 Å². The topological polar surface area (TPSA) is 108 Å². The molecule has 3 amide bonds. The Morgan fingerprint density at radius 1 is 1.37 bits per heavy atom. The van der Waals surface area contributed by atoms with Gasteiger partial charge in [-0.05, 0) is 25.7 Å². The molecule has 3 fully saturated rings. The molecule has 1 spiro atoms. The van der Waals surface area contributed by atoms with Gasteiger partial charge in [-0.2, -0.15) is 0 Å². The van der Waals surface area contributed by atoms with Crippen molar-refractivity contribution in [3.63, 3.8) is 0 Å². The Morgan fingerprint density at radius 2 is 2.11 bits per heavy atom. The smallest absolute Gasteiger partial charge is 0.245 e. The van der Waals surface area contributed by atoms with Gasteiger partial charge in [0.25, 0.3) is 0 Å². The highest BCUT2D eigenvalue weighted by molar-refractivity contribution is 5.99. The fourth-order valence-electron chi connectivity index (χ4n) is 5.15. The molecule has 27 heavy (non-hydrogen) atoms. The third-order valence-corrected chi connectivity index (χ3v) is 6.44. The fraction of sp³-hybridized carbons (Fsp3) is 0.842. The lowest BCUT2D eigenvalue weighted by molar-refractivity contribution is -0.145. The van der Waals surface area contributed by atoms with Gasteiger partial charge in [-0.25, -0.2) is 0 Å². The maximum atomic E-state index is 13.4. The molecule has 2 bridgehead atoms. The van der Waals surface area contributed by atoms with Gasteiger partial charge >= 0.3 is 0 Å². The van der Waals surface area contributed by atoms with Crippen molar-refractivity contribution in [2.75, 3.05) is 20.2 Å². The highest BCUT2D eigenvalue weighted by atomic mass is 16.5. The third-order valence-electron chi connectivity index (χ3n) is 6.44. The molecule has 152 valence electrons. The van der Waals surface area contributed by atoms with E-state index < -0.39 is 29.5 Å². The summed E-state index contributed by atoms with van der Waals surface area (Å²) < 4.78 is 6.23. The summed E-state index contributed by atoms with van der Waals surface area (Å²) in [6.07, 6.45) is 3.23. The minimum atomic E-state index is -0.974. The van der Waals surface area contributed by atoms with Gasteiger partial charge in [-0.1, -0.05) is 20.3 Å². The third kappa shape index (κ3) is 2.93. The number of nitrogens with one attached hydrogen (secondary N) is 2. The molecule has 2 unspecified atom stereocenters. The van der Waals surface area contributed by atoms with E-state index in [9.17, 15) is 19.5 Å². The van der Waals surface area contributed by atoms with E-state index in [1.165, 1.54) is 4.90 Å². The number of carbonyl (C=O) groups is 3. The number of fused-ring (bicyclic) bond motifs is 1. The summed E-state index contributed by atoms with van der Waals surface area (Å²) in [5.74, 6) is -1.96. The number of hydrogen-bond acceptors (Lipinski definition) is 5. The molecule has 8 heteroatoms. The van der Waals surface area contributed by atoms with E-state index in [2.05, 4.69) is 10.6 Å². The quantitative estimate of drug-likeness (QED) is 0.505. The molecule has 3 heterocycles. The van der Waals surface area contributed by atoms with Gasteiger partial charge in [-0.15, -0.1) is 0 Å². The Hall–Kier alpha value is -1.67. The predicted octanol–water partition coefficient (Wildman–Crippen LogP) is -0.206. The Labute approximate surface area is 160 Å². The van der Waals surface area contributed by atoms with Gasteiger partial charge in [0, 0.05) is 13.6 Å². The molecule has 3 N–H and O–H groups in total. The molecule has 3 saturated heterocycles. The predicted molar refractivity (Wildman–Crippen MR) is 97.6 cm³/mol. The standard InChI is InChI=1S/C19H31N3O5/c1-4-6-9-21-17(25)15-19-8-7-12(27-19)13(16(24)20-3)14(19)18(26)22(15)11(5-2)10-23/h11-15,23H,4-10H2,1-3H3,(H,20,24)(H,21,25)/t11-,12+,13-,14-,15?,19?/m0/s1. The molecule has 0 aromatic heterocycles. The lowest BCUT2D eigenvalue weighted by Crippen LogP contribution is -2.58. The molecule has 0 aromatic carbocycles. The van der Waals surface area contributed by atoms with Crippen LogP contribution in [0.3, 0.4) is 0 Å². The van der Waals surface area contributed by atoms with Crippen molar-refractivity contribution >= 4 is 17.7 Å². The van der Waals surface area contributed by atoms with Crippen molar-refractivity contribution in [1.29, 1.82) is 0 Å². The highest BCUT2D eigenvalue weighted by Gasteiger charge is 2.74. The first kappa shape index (κ1) is 20.1. The summed E-state index contributed by atoms with van der Waals surface area (Å²) in [5.41, 5.74) is -0.974. The summed E-state index contributed by atoms with van der Waals surface area (Å²) in [4.78, 5) is 40.5. The second-order valence-electron chi connectivity index (χ2n) is 7.80. The van der Waals surface area contributed by atoms with Gasteiger partial charge in [0.1, 0.15) is 11.6 Å². The Balaban J connectivity index is 1.98. The monoisotopic (exact) mass is 381 g/mol. The molecular weight excluding hydrogens is 350 g/mol. The number of rotatable bonds is 8. The average Bonchev–Trinajstić information content (AvgIpc) is 3.30. The molecule has 0 aliphatic carbocycles. The molecule has 8 nitrogen and oxygen atoms in total. The highest BCUT2D eigenvalue weighted by Crippen LogP contribution is 2.58. The number of amides is 3. The van der Waals surface area contributed by atoms with Crippen LogP contribution in [-0.2, 0) is 19.1 Å². The normalized spacial score (nSPS) is 35.3. The van der Waals surface area contributed by atoms with Crippen molar-refractivity contribution in [3.8, 4) is 0 Å². The zero-order chi connectivity index (χ0) is 19.8. The number of likely N-dealkylation sites (tertiary alicyclic amines) is 1. The molecule has 6 atom stereocenters. The van der Waals surface area contributed by atoms with Gasteiger partial charge in [-0.3, -0.25) is 14.4 Å². The second-order valence-corrected chi connectivity index (χ2v) is 7.80. The van der Waals surface area contributed by atoms with Crippen LogP contribution in [0, 0.1) is 11.8 Å². The van der Waals surface area contributed by atoms with Crippen LogP contribution in [0.1, 0.15) is 46.0 Å². The van der Waals surface area contributed by atoms with Crippen molar-refractivity contribution in [1.82, 2.24) is 15.5 Å². The van der Waals surface area contributed by atoms with Crippen LogP contribution in [0.5, 0.6) is 0 Å². The van der Waals surface area contributed by atoms with E-state index in [1.54, 1.807) is 7.05 Å². The summed E-state index contributed by atoms with van der Waals surface area (Å²) in [6, 6.07) is -1.27. The summed E-state index contributed by atoms with van der Waals surface area (Å²) in [5, 5.41) is 15.4. The minimum Gasteiger partial charge on any atom is -0.394 e. The number of aliphatic hydroxyl groups excluding tert-OH is 1. The summed E-state index contributed by atoms with van der Waals surface area (Å²) >= 11 is 0. The number of aliphatic hydroxyl groups is 1. The molecule has 3 rings (SSSR count). The van der Waals surface area contributed by atoms with Crippen LogP contribution in [0.25, 0.3) is 0 Å².